The number of nitrogens with zero attached hydrogens (tertiary/aromatic N) is 2. The zero-order valence-electron chi connectivity index (χ0n) is 17.6. The number of fused-ring (bicyclic) bond motifs is 1. The van der Waals surface area contributed by atoms with Crippen LogP contribution in [0.1, 0.15) is 19.8 Å². The van der Waals surface area contributed by atoms with Crippen LogP contribution in [0.3, 0.4) is 0 Å². The van der Waals surface area contributed by atoms with Crippen LogP contribution >= 0.6 is 0 Å². The topological polar surface area (TPSA) is 88.5 Å². The van der Waals surface area contributed by atoms with Crippen LogP contribution < -0.4 is 20.1 Å². The molecule has 3 heterocycles. The van der Waals surface area contributed by atoms with Gasteiger partial charge in [-0.3, -0.25) is 10.3 Å². The minimum Gasteiger partial charge on any atom is -0.493 e. The smallest absolute Gasteiger partial charge is 0.161 e. The molecule has 3 aromatic rings. The number of hydrogen-bond donors (Lipinski definition) is 3. The van der Waals surface area contributed by atoms with Crippen LogP contribution in [0.25, 0.3) is 22.2 Å². The molecule has 1 aliphatic rings. The highest BCUT2D eigenvalue weighted by Gasteiger charge is 2.31. The van der Waals surface area contributed by atoms with E-state index in [1.165, 1.54) is 0 Å². The Hall–Kier alpha value is -2.90. The van der Waals surface area contributed by atoms with E-state index in [4.69, 9.17) is 14.5 Å². The number of aliphatic hydroxyl groups is 1. The number of methoxy groups -OCH3 is 2. The normalized spacial score (nSPS) is 21.0. The molecule has 7 heteroatoms. The maximum absolute atomic E-state index is 9.97. The van der Waals surface area contributed by atoms with Crippen molar-refractivity contribution in [3.8, 4) is 22.8 Å². The van der Waals surface area contributed by atoms with Crippen molar-refractivity contribution in [3.05, 3.63) is 42.6 Å². The summed E-state index contributed by atoms with van der Waals surface area (Å²) in [6.07, 6.45) is 3.06. The zero-order valence-corrected chi connectivity index (χ0v) is 17.6. The van der Waals surface area contributed by atoms with E-state index < -0.39 is 6.23 Å². The van der Waals surface area contributed by atoms with Crippen LogP contribution in [0.4, 0.5) is 5.82 Å². The molecule has 0 spiro atoms. The lowest BCUT2D eigenvalue weighted by molar-refractivity contribution is 0.152. The van der Waals surface area contributed by atoms with Crippen LogP contribution in [0.2, 0.25) is 0 Å². The molecule has 1 saturated heterocycles. The van der Waals surface area contributed by atoms with Crippen LogP contribution in [-0.2, 0) is 0 Å². The van der Waals surface area contributed by atoms with E-state index in [-0.39, 0.29) is 0 Å². The van der Waals surface area contributed by atoms with E-state index in [0.29, 0.717) is 23.5 Å². The van der Waals surface area contributed by atoms with Gasteiger partial charge in [-0.2, -0.15) is 0 Å². The quantitative estimate of drug-likeness (QED) is 0.552. The predicted molar refractivity (Wildman–Crippen MR) is 118 cm³/mol. The van der Waals surface area contributed by atoms with Gasteiger partial charge in [0.15, 0.2) is 11.5 Å². The average molecular weight is 409 g/mol. The van der Waals surface area contributed by atoms with Crippen molar-refractivity contribution in [1.29, 1.82) is 0 Å². The number of anilines is 1. The Kier molecular flexibility index (Phi) is 6.01. The number of aliphatic hydroxyl groups excluding tert-OH is 1. The van der Waals surface area contributed by atoms with Crippen molar-refractivity contribution in [2.24, 2.45) is 5.92 Å². The molecule has 0 radical (unpaired) electrons. The van der Waals surface area contributed by atoms with E-state index in [1.807, 2.05) is 36.4 Å². The first kappa shape index (κ1) is 20.4. The van der Waals surface area contributed by atoms with E-state index in [2.05, 4.69) is 22.5 Å². The van der Waals surface area contributed by atoms with Gasteiger partial charge in [-0.15, -0.1) is 0 Å². The monoisotopic (exact) mass is 408 g/mol. The highest BCUT2D eigenvalue weighted by atomic mass is 16.5. The molecule has 3 N–H and O–H groups in total. The Labute approximate surface area is 176 Å². The van der Waals surface area contributed by atoms with Gasteiger partial charge in [-0.1, -0.05) is 6.92 Å². The number of hydrogen-bond acceptors (Lipinski definition) is 7. The third-order valence-corrected chi connectivity index (χ3v) is 5.75. The van der Waals surface area contributed by atoms with Crippen molar-refractivity contribution in [2.75, 3.05) is 26.1 Å². The van der Waals surface area contributed by atoms with Crippen LogP contribution in [0.15, 0.2) is 42.6 Å². The number of pyridine rings is 2. The van der Waals surface area contributed by atoms with Gasteiger partial charge in [0.05, 0.1) is 25.4 Å². The highest BCUT2D eigenvalue weighted by molar-refractivity contribution is 5.92. The van der Waals surface area contributed by atoms with Gasteiger partial charge in [0.2, 0.25) is 0 Å². The van der Waals surface area contributed by atoms with E-state index in [9.17, 15) is 5.11 Å². The first-order valence-electron chi connectivity index (χ1n) is 10.3. The van der Waals surface area contributed by atoms with Gasteiger partial charge in [-0.05, 0) is 55.2 Å². The van der Waals surface area contributed by atoms with E-state index in [1.54, 1.807) is 20.4 Å². The zero-order chi connectivity index (χ0) is 21.1. The molecule has 0 amide bonds. The van der Waals surface area contributed by atoms with Crippen molar-refractivity contribution < 1.29 is 14.6 Å². The summed E-state index contributed by atoms with van der Waals surface area (Å²) in [5, 5.41) is 17.7. The fraction of sp³-hybridized carbons (Fsp3) is 0.391. The minimum absolute atomic E-state index is 0.297. The third-order valence-electron chi connectivity index (χ3n) is 5.75. The van der Waals surface area contributed by atoms with Crippen LogP contribution in [-0.4, -0.2) is 48.1 Å². The van der Waals surface area contributed by atoms with E-state index in [0.717, 1.165) is 47.4 Å². The third kappa shape index (κ3) is 4.04. The van der Waals surface area contributed by atoms with Crippen molar-refractivity contribution in [1.82, 2.24) is 15.3 Å². The lowest BCUT2D eigenvalue weighted by Crippen LogP contribution is -2.32. The predicted octanol–water partition coefficient (Wildman–Crippen LogP) is 3.43. The summed E-state index contributed by atoms with van der Waals surface area (Å²) in [5.74, 6) is 2.46. The largest absolute Gasteiger partial charge is 0.493 e. The molecule has 0 bridgehead atoms. The molecule has 1 fully saturated rings. The Balaban J connectivity index is 1.68. The molecular weight excluding hydrogens is 380 g/mol. The second-order valence-electron chi connectivity index (χ2n) is 7.57. The Morgan fingerprint density at radius 3 is 2.77 bits per heavy atom. The lowest BCUT2D eigenvalue weighted by Gasteiger charge is -2.19. The summed E-state index contributed by atoms with van der Waals surface area (Å²) in [6, 6.07) is 12.0. The fourth-order valence-electron chi connectivity index (χ4n) is 4.16. The standard InChI is InChI=1S/C23H28N4O3/c1-4-17-15(11-22(28)26-17)13-25-23-16-6-5-9-24-19(16)12-18(27-23)14-7-8-20(29-2)21(10-14)30-3/h5-10,12,15,17,22,26,28H,4,11,13H2,1-3H3,(H,25,27)/t15-,17-,22?/m1/s1. The fourth-order valence-corrected chi connectivity index (χ4v) is 4.16. The molecule has 3 atom stereocenters. The summed E-state index contributed by atoms with van der Waals surface area (Å²) in [4.78, 5) is 9.44. The molecule has 1 aromatic carbocycles. The van der Waals surface area contributed by atoms with Gasteiger partial charge in [0.1, 0.15) is 12.0 Å². The molecule has 1 aliphatic heterocycles. The maximum atomic E-state index is 9.97. The summed E-state index contributed by atoms with van der Waals surface area (Å²) >= 11 is 0. The maximum Gasteiger partial charge on any atom is 0.161 e. The Morgan fingerprint density at radius 1 is 1.17 bits per heavy atom. The number of rotatable bonds is 7. The first-order chi connectivity index (χ1) is 14.6. The number of benzene rings is 1. The molecule has 4 rings (SSSR count). The molecule has 1 unspecified atom stereocenters. The summed E-state index contributed by atoms with van der Waals surface area (Å²) in [5.41, 5.74) is 2.60. The Bertz CT molecular complexity index is 1030. The highest BCUT2D eigenvalue weighted by Crippen LogP contribution is 2.34. The average Bonchev–Trinajstić information content (AvgIpc) is 3.16. The minimum atomic E-state index is -0.439. The second-order valence-corrected chi connectivity index (χ2v) is 7.57. The summed E-state index contributed by atoms with van der Waals surface area (Å²) < 4.78 is 10.8. The van der Waals surface area contributed by atoms with Gasteiger partial charge in [0, 0.05) is 29.7 Å². The molecule has 30 heavy (non-hydrogen) atoms. The SMILES string of the molecule is CC[C@H]1NC(O)C[C@@H]1CNc1nc(-c2ccc(OC)c(OC)c2)cc2ncccc12. The summed E-state index contributed by atoms with van der Waals surface area (Å²) in [6.45, 7) is 2.87. The molecule has 158 valence electrons. The molecule has 7 nitrogen and oxygen atoms in total. The van der Waals surface area contributed by atoms with E-state index >= 15 is 0 Å². The molecule has 0 aliphatic carbocycles. The number of aromatic nitrogens is 2. The van der Waals surface area contributed by atoms with Gasteiger partial charge in [-0.25, -0.2) is 4.98 Å². The van der Waals surface area contributed by atoms with Crippen molar-refractivity contribution in [3.63, 3.8) is 0 Å². The molecule has 0 saturated carbocycles. The molecular formula is C23H28N4O3. The van der Waals surface area contributed by atoms with Gasteiger partial charge >= 0.3 is 0 Å². The van der Waals surface area contributed by atoms with Crippen molar-refractivity contribution >= 4 is 16.7 Å². The Morgan fingerprint density at radius 2 is 2.00 bits per heavy atom. The second kappa shape index (κ2) is 8.85. The number of nitrogens with one attached hydrogen (secondary N) is 2. The number of ether oxygens (including phenoxy) is 2. The van der Waals surface area contributed by atoms with Gasteiger partial charge < -0.3 is 19.9 Å². The molecule has 2 aromatic heterocycles. The first-order valence-corrected chi connectivity index (χ1v) is 10.3. The lowest BCUT2D eigenvalue weighted by atomic mass is 9.98. The van der Waals surface area contributed by atoms with Crippen molar-refractivity contribution in [2.45, 2.75) is 32.0 Å². The van der Waals surface area contributed by atoms with Crippen LogP contribution in [0, 0.1) is 5.92 Å². The van der Waals surface area contributed by atoms with Crippen LogP contribution in [0.5, 0.6) is 11.5 Å². The summed E-state index contributed by atoms with van der Waals surface area (Å²) in [7, 11) is 3.24. The van der Waals surface area contributed by atoms with Gasteiger partial charge in [0.25, 0.3) is 0 Å².